The van der Waals surface area contributed by atoms with Gasteiger partial charge in [-0.15, -0.1) is 0 Å². The summed E-state index contributed by atoms with van der Waals surface area (Å²) in [6.45, 7) is 18.4. The highest BCUT2D eigenvalue weighted by atomic mass is 16.5. The van der Waals surface area contributed by atoms with Crippen molar-refractivity contribution >= 4 is 82.8 Å². The molecule has 0 aromatic heterocycles. The predicted molar refractivity (Wildman–Crippen MR) is 429 cm³/mol. The van der Waals surface area contributed by atoms with Crippen LogP contribution in [-0.2, 0) is 71.9 Å². The molecule has 2 saturated heterocycles. The number of esters is 1. The molecule has 2 heterocycles. The number of rotatable bonds is 41. The van der Waals surface area contributed by atoms with E-state index in [2.05, 4.69) is 70.7 Å². The van der Waals surface area contributed by atoms with Crippen LogP contribution < -0.4 is 86.7 Å². The van der Waals surface area contributed by atoms with E-state index in [1.54, 1.807) is 69.2 Å². The average Bonchev–Trinajstić information content (AvgIpc) is 1.76. The Kier molecular flexibility index (Phi) is 50.1. The summed E-state index contributed by atoms with van der Waals surface area (Å²) in [5.74, 6) is -15.9. The maximum absolute atomic E-state index is 15.2. The number of aliphatic hydroxyl groups is 2. The minimum Gasteiger partial charge on any atom is -0.458 e. The zero-order valence-corrected chi connectivity index (χ0v) is 69.8. The Bertz CT molecular complexity index is 2970. The average molecular weight is 1610 g/mol. The Morgan fingerprint density at radius 1 is 0.460 bits per heavy atom. The number of nitrogens with zero attached hydrogens (tertiary/aromatic N) is 1. The fourth-order valence-electron chi connectivity index (χ4n) is 13.5. The van der Waals surface area contributed by atoms with E-state index >= 15 is 4.79 Å². The molecule has 2 aliphatic heterocycles. The first kappa shape index (κ1) is 101. The number of cyclic esters (lactones) is 1. The van der Waals surface area contributed by atoms with Crippen molar-refractivity contribution in [1.29, 1.82) is 0 Å². The van der Waals surface area contributed by atoms with Crippen LogP contribution in [-0.4, -0.2) is 228 Å². The summed E-state index contributed by atoms with van der Waals surface area (Å²) < 4.78 is 6.09. The van der Waals surface area contributed by atoms with Crippen molar-refractivity contribution in [1.82, 2.24) is 68.7 Å². The highest BCUT2D eigenvalue weighted by molar-refractivity contribution is 6.00. The second-order valence-electron chi connectivity index (χ2n) is 31.6. The summed E-state index contributed by atoms with van der Waals surface area (Å²) in [6.07, 6.45) is 14.1. The van der Waals surface area contributed by atoms with Gasteiger partial charge in [0.2, 0.25) is 76.8 Å². The SMILES string of the molecule is CCCCCCCCCCCCCCC(=O)N[C@H](CCCN)C(=O)N[C@H](C(=O)N[C@@H]1C(=O)N[C@H](CCCN)C(=O)N[C@@H](CO)C(=O)N[C@@H](C(C)C)C(=O)N[C@H](CCCCN)C(=O)N[C@H](CO)C(=O)N[C@@H]([C@@H](C)CC)C(=O)N2CCC[C@H]2C(=O)N[C@@H](C(C)C)C(=O)N[C@@H](CCCCN)C(=O)N[C@@H]([C@@H](C)CC)C(=O)O[C@@H]1C)C(C)C. The van der Waals surface area contributed by atoms with Crippen LogP contribution in [0.3, 0.4) is 0 Å². The van der Waals surface area contributed by atoms with Crippen molar-refractivity contribution in [3.05, 3.63) is 0 Å². The first-order valence-corrected chi connectivity index (χ1v) is 41.9. The summed E-state index contributed by atoms with van der Waals surface area (Å²) in [7, 11) is 0. The topological polar surface area (TPSA) is 540 Å². The van der Waals surface area contributed by atoms with E-state index in [-0.39, 0.29) is 96.4 Å². The number of nitrogens with two attached hydrogens (primary N) is 4. The molecule has 113 heavy (non-hydrogen) atoms. The Balaban J connectivity index is 2.90. The van der Waals surface area contributed by atoms with Gasteiger partial charge in [0.15, 0.2) is 0 Å². The van der Waals surface area contributed by atoms with Gasteiger partial charge in [-0.2, -0.15) is 0 Å². The normalized spacial score (nSPS) is 24.7. The summed E-state index contributed by atoms with van der Waals surface area (Å²) in [5, 5.41) is 53.2. The number of aliphatic hydroxyl groups excluding tert-OH is 2. The minimum atomic E-state index is -1.95. The van der Waals surface area contributed by atoms with Gasteiger partial charge in [-0.1, -0.05) is 160 Å². The van der Waals surface area contributed by atoms with Gasteiger partial charge >= 0.3 is 5.97 Å². The zero-order chi connectivity index (χ0) is 84.9. The Labute approximate surface area is 670 Å². The molecule has 0 aliphatic carbocycles. The van der Waals surface area contributed by atoms with Crippen LogP contribution in [0.4, 0.5) is 0 Å². The number of ether oxygens (including phenoxy) is 1. The molecule has 0 unspecified atom stereocenters. The number of hydrogen-bond acceptors (Lipinski definition) is 21. The van der Waals surface area contributed by atoms with E-state index in [0.717, 1.165) is 25.7 Å². The maximum atomic E-state index is 15.2. The van der Waals surface area contributed by atoms with Gasteiger partial charge in [-0.05, 0) is 146 Å². The molecule has 34 nitrogen and oxygen atoms in total. The zero-order valence-electron chi connectivity index (χ0n) is 69.8. The molecule has 648 valence electrons. The van der Waals surface area contributed by atoms with E-state index in [1.807, 2.05) is 0 Å². The van der Waals surface area contributed by atoms with Gasteiger partial charge in [-0.3, -0.25) is 62.3 Å². The van der Waals surface area contributed by atoms with Gasteiger partial charge in [0, 0.05) is 13.0 Å². The minimum absolute atomic E-state index is 0.0187. The molecule has 2 rings (SSSR count). The van der Waals surface area contributed by atoms with Crippen LogP contribution in [0, 0.1) is 29.6 Å². The lowest BCUT2D eigenvalue weighted by molar-refractivity contribution is -0.157. The maximum Gasteiger partial charge on any atom is 0.329 e. The Morgan fingerprint density at radius 2 is 0.867 bits per heavy atom. The molecule has 22 N–H and O–H groups in total. The number of carbonyl (C=O) groups excluding carboxylic acids is 14. The first-order valence-electron chi connectivity index (χ1n) is 41.9. The molecule has 0 radical (unpaired) electrons. The molecule has 13 amide bonds. The molecule has 0 bridgehead atoms. The summed E-state index contributed by atoms with van der Waals surface area (Å²) >= 11 is 0. The lowest BCUT2D eigenvalue weighted by Crippen LogP contribution is -2.63. The molecular formula is C79H145N17O17. The molecule has 0 aromatic carbocycles. The van der Waals surface area contributed by atoms with Gasteiger partial charge in [-0.25, -0.2) is 4.79 Å². The van der Waals surface area contributed by atoms with Crippen molar-refractivity contribution < 1.29 is 82.1 Å². The summed E-state index contributed by atoms with van der Waals surface area (Å²) in [4.78, 5) is 205. The Hall–Kier alpha value is -7.66. The first-order chi connectivity index (χ1) is 53.7. The monoisotopic (exact) mass is 1600 g/mol. The van der Waals surface area contributed by atoms with Crippen LogP contribution in [0.1, 0.15) is 256 Å². The van der Waals surface area contributed by atoms with Crippen molar-refractivity contribution in [3.8, 4) is 0 Å². The van der Waals surface area contributed by atoms with Crippen LogP contribution in [0.25, 0.3) is 0 Å². The predicted octanol–water partition coefficient (Wildman–Crippen LogP) is 0.612. The van der Waals surface area contributed by atoms with E-state index in [1.165, 1.54) is 56.8 Å². The van der Waals surface area contributed by atoms with E-state index < -0.39 is 204 Å². The molecular weight excluding hydrogens is 1460 g/mol. The summed E-state index contributed by atoms with van der Waals surface area (Å²) in [6, 6.07) is -19.3. The quantitative estimate of drug-likeness (QED) is 0.0295. The van der Waals surface area contributed by atoms with Gasteiger partial charge < -0.3 is 107 Å². The molecule has 0 spiro atoms. The highest BCUT2D eigenvalue weighted by Crippen LogP contribution is 2.24. The molecule has 0 aromatic rings. The third-order valence-corrected chi connectivity index (χ3v) is 21.2. The number of amides is 13. The van der Waals surface area contributed by atoms with Crippen LogP contribution in [0.2, 0.25) is 0 Å². The number of fused-ring (bicyclic) bond motifs is 1. The number of hydrogen-bond donors (Lipinski definition) is 18. The number of unbranched alkanes of at least 4 members (excludes halogenated alkanes) is 13. The number of nitrogens with one attached hydrogen (secondary N) is 12. The lowest BCUT2D eigenvalue weighted by atomic mass is 9.96. The van der Waals surface area contributed by atoms with Crippen LogP contribution in [0.15, 0.2) is 0 Å². The summed E-state index contributed by atoms with van der Waals surface area (Å²) in [5.41, 5.74) is 23.6. The van der Waals surface area contributed by atoms with E-state index in [0.29, 0.717) is 44.9 Å². The number of carbonyl (C=O) groups is 14. The van der Waals surface area contributed by atoms with Crippen molar-refractivity contribution in [2.24, 2.45) is 52.5 Å². The van der Waals surface area contributed by atoms with Crippen LogP contribution >= 0.6 is 0 Å². The fraction of sp³-hybridized carbons (Fsp3) is 0.823. The van der Waals surface area contributed by atoms with Gasteiger partial charge in [0.25, 0.3) is 0 Å². The van der Waals surface area contributed by atoms with Crippen LogP contribution in [0.5, 0.6) is 0 Å². The van der Waals surface area contributed by atoms with E-state index in [4.69, 9.17) is 27.7 Å². The van der Waals surface area contributed by atoms with Gasteiger partial charge in [0.05, 0.1) is 13.2 Å². The van der Waals surface area contributed by atoms with Gasteiger partial charge in [0.1, 0.15) is 84.6 Å². The largest absolute Gasteiger partial charge is 0.458 e. The third-order valence-electron chi connectivity index (χ3n) is 21.2. The van der Waals surface area contributed by atoms with Crippen molar-refractivity contribution in [2.75, 3.05) is 45.9 Å². The molecule has 2 aliphatic rings. The molecule has 0 saturated carbocycles. The van der Waals surface area contributed by atoms with E-state index in [9.17, 15) is 72.5 Å². The van der Waals surface area contributed by atoms with Crippen molar-refractivity contribution in [2.45, 2.75) is 341 Å². The lowest BCUT2D eigenvalue weighted by Gasteiger charge is -2.33. The fourth-order valence-corrected chi connectivity index (χ4v) is 13.5. The smallest absolute Gasteiger partial charge is 0.329 e. The highest BCUT2D eigenvalue weighted by Gasteiger charge is 2.44. The molecule has 2 fully saturated rings. The second kappa shape index (κ2) is 55.8. The molecule has 34 heteroatoms. The Morgan fingerprint density at radius 3 is 1.32 bits per heavy atom. The third kappa shape index (κ3) is 36.0. The van der Waals surface area contributed by atoms with Crippen molar-refractivity contribution in [3.63, 3.8) is 0 Å². The molecule has 16 atom stereocenters. The second-order valence-corrected chi connectivity index (χ2v) is 31.6. The standard InChI is InChI=1S/C79H145N17O17/c1-13-16-17-18-19-20-21-22-23-24-25-26-39-60(99)84-53(36-31-42-82)69(102)90-63(49(8)9)76(109)95-66-52(12)113-79(112)65(51(11)15-3)94-70(103)55(35-28-30-41-81)86-75(108)62(48(6)7)92-73(106)59-38-33-44-96(59)78(111)64(50(10)14-2)93-72(105)58(46-98)89-67(100)54(34-27-29-40-80)85-74(107)61(47(4)5)91-71(104)57(45-97)88-68(101)56(37-32-43-83)87-77(66)110/h47-59,61-66,97-98H,13-46,80-83H2,1-12H3,(H,84,99)(H,85,107)(H,86,108)(H,87,110)(H,88,101)(H,89,100)(H,90,102)(H,91,104)(H,92,106)(H,93,105)(H,94,103)(H,95,109)/t50-,51-,52+,53+,54+,55-,56+,57-,58+,59-,61-,62-,63-,64-,65-,66-/m0/s1.